The molecular formula is C8H10N3+. The van der Waals surface area contributed by atoms with Crippen molar-refractivity contribution in [3.8, 4) is 0 Å². The van der Waals surface area contributed by atoms with Gasteiger partial charge in [0.2, 0.25) is 6.33 Å². The van der Waals surface area contributed by atoms with Gasteiger partial charge in [-0.25, -0.2) is 9.55 Å². The molecule has 0 aliphatic carbocycles. The average Bonchev–Trinajstić information content (AvgIpc) is 2.33. The van der Waals surface area contributed by atoms with Crippen LogP contribution in [0.15, 0.2) is 24.5 Å². The number of benzene rings is 1. The van der Waals surface area contributed by atoms with E-state index in [1.807, 2.05) is 36.1 Å². The molecule has 0 amide bonds. The third kappa shape index (κ3) is 0.852. The first-order valence-corrected chi connectivity index (χ1v) is 3.49. The number of aryl methyl sites for hydroxylation is 1. The molecule has 0 radical (unpaired) electrons. The maximum Gasteiger partial charge on any atom is 0.242 e. The van der Waals surface area contributed by atoms with Crippen molar-refractivity contribution in [2.45, 2.75) is 0 Å². The number of rotatable bonds is 0. The molecule has 0 saturated heterocycles. The van der Waals surface area contributed by atoms with E-state index in [2.05, 4.69) is 4.98 Å². The standard InChI is InChI=1S/C8H9N3/c1-11-5-10-7-3-2-6(9)4-8(7)11/h2-5H,9H2,1H3/p+1. The Morgan fingerprint density at radius 1 is 1.45 bits per heavy atom. The zero-order valence-corrected chi connectivity index (χ0v) is 6.33. The van der Waals surface area contributed by atoms with E-state index in [1.165, 1.54) is 0 Å². The van der Waals surface area contributed by atoms with Crippen LogP contribution in [-0.4, -0.2) is 4.98 Å². The number of H-pyrrole nitrogens is 1. The molecule has 0 saturated carbocycles. The summed E-state index contributed by atoms with van der Waals surface area (Å²) in [6.07, 6.45) is 1.91. The topological polar surface area (TPSA) is 45.7 Å². The smallest absolute Gasteiger partial charge is 0.242 e. The first-order chi connectivity index (χ1) is 5.27. The summed E-state index contributed by atoms with van der Waals surface area (Å²) in [7, 11) is 1.98. The molecule has 11 heavy (non-hydrogen) atoms. The fraction of sp³-hybridized carbons (Fsp3) is 0.125. The number of fused-ring (bicyclic) bond motifs is 1. The van der Waals surface area contributed by atoms with Gasteiger partial charge in [0.1, 0.15) is 0 Å². The molecule has 1 aromatic heterocycles. The SMILES string of the molecule is C[n+]1c[nH]c2ccc(N)cc21. The fourth-order valence-electron chi connectivity index (χ4n) is 1.20. The van der Waals surface area contributed by atoms with Gasteiger partial charge in [0.05, 0.1) is 7.05 Å². The van der Waals surface area contributed by atoms with Gasteiger partial charge < -0.3 is 5.73 Å². The number of nitrogen functional groups attached to an aromatic ring is 1. The van der Waals surface area contributed by atoms with Gasteiger partial charge in [-0.15, -0.1) is 0 Å². The predicted molar refractivity (Wildman–Crippen MR) is 43.9 cm³/mol. The van der Waals surface area contributed by atoms with Crippen molar-refractivity contribution in [3.05, 3.63) is 24.5 Å². The Bertz CT molecular complexity index is 389. The lowest BCUT2D eigenvalue weighted by molar-refractivity contribution is -0.644. The molecule has 0 aliphatic rings. The number of aromatic amines is 1. The summed E-state index contributed by atoms with van der Waals surface area (Å²) in [6, 6.07) is 5.81. The lowest BCUT2D eigenvalue weighted by Crippen LogP contribution is -2.24. The molecule has 3 nitrogen and oxygen atoms in total. The van der Waals surface area contributed by atoms with Crippen molar-refractivity contribution in [3.63, 3.8) is 0 Å². The Labute approximate surface area is 64.5 Å². The largest absolute Gasteiger partial charge is 0.399 e. The minimum absolute atomic E-state index is 0.799. The van der Waals surface area contributed by atoms with Crippen LogP contribution in [0.4, 0.5) is 5.69 Å². The van der Waals surface area contributed by atoms with Crippen molar-refractivity contribution >= 4 is 16.7 Å². The first-order valence-electron chi connectivity index (χ1n) is 3.49. The van der Waals surface area contributed by atoms with Crippen LogP contribution < -0.4 is 10.3 Å². The Hall–Kier alpha value is -1.51. The van der Waals surface area contributed by atoms with Crippen LogP contribution in [0.1, 0.15) is 0 Å². The molecule has 1 heterocycles. The molecule has 2 rings (SSSR count). The summed E-state index contributed by atoms with van der Waals surface area (Å²) in [5.74, 6) is 0. The number of aromatic nitrogens is 2. The van der Waals surface area contributed by atoms with E-state index in [1.54, 1.807) is 0 Å². The first kappa shape index (κ1) is 6.22. The van der Waals surface area contributed by atoms with E-state index in [9.17, 15) is 0 Å². The molecule has 1 aromatic carbocycles. The Balaban J connectivity index is 2.87. The van der Waals surface area contributed by atoms with E-state index in [0.717, 1.165) is 16.7 Å². The molecule has 3 heteroatoms. The van der Waals surface area contributed by atoms with Crippen molar-refractivity contribution in [2.75, 3.05) is 5.73 Å². The summed E-state index contributed by atoms with van der Waals surface area (Å²) >= 11 is 0. The molecule has 0 bridgehead atoms. The highest BCUT2D eigenvalue weighted by Crippen LogP contribution is 2.10. The maximum atomic E-state index is 5.62. The normalized spacial score (nSPS) is 10.6. The minimum atomic E-state index is 0.799. The lowest BCUT2D eigenvalue weighted by atomic mass is 10.3. The third-order valence-corrected chi connectivity index (χ3v) is 1.82. The van der Waals surface area contributed by atoms with E-state index >= 15 is 0 Å². The van der Waals surface area contributed by atoms with E-state index in [4.69, 9.17) is 5.73 Å². The van der Waals surface area contributed by atoms with E-state index in [-0.39, 0.29) is 0 Å². The summed E-state index contributed by atoms with van der Waals surface area (Å²) < 4.78 is 2.01. The van der Waals surface area contributed by atoms with Crippen molar-refractivity contribution in [1.29, 1.82) is 0 Å². The Morgan fingerprint density at radius 3 is 3.09 bits per heavy atom. The number of nitrogens with two attached hydrogens (primary N) is 1. The lowest BCUT2D eigenvalue weighted by Gasteiger charge is -1.89. The highest BCUT2D eigenvalue weighted by Gasteiger charge is 2.04. The summed E-state index contributed by atoms with van der Waals surface area (Å²) in [5, 5.41) is 0. The highest BCUT2D eigenvalue weighted by molar-refractivity contribution is 5.74. The number of hydrogen-bond acceptors (Lipinski definition) is 1. The Morgan fingerprint density at radius 2 is 2.27 bits per heavy atom. The molecule has 0 unspecified atom stereocenters. The van der Waals surface area contributed by atoms with Gasteiger partial charge in [-0.05, 0) is 12.1 Å². The van der Waals surface area contributed by atoms with Gasteiger partial charge in [0.15, 0.2) is 11.0 Å². The molecule has 3 N–H and O–H groups in total. The number of nitrogens with one attached hydrogen (secondary N) is 1. The van der Waals surface area contributed by atoms with Gasteiger partial charge >= 0.3 is 0 Å². The third-order valence-electron chi connectivity index (χ3n) is 1.82. The van der Waals surface area contributed by atoms with Crippen LogP contribution in [0, 0.1) is 0 Å². The average molecular weight is 148 g/mol. The molecule has 0 aliphatic heterocycles. The predicted octanol–water partition coefficient (Wildman–Crippen LogP) is 0.575. The molecular weight excluding hydrogens is 138 g/mol. The van der Waals surface area contributed by atoms with Crippen molar-refractivity contribution in [1.82, 2.24) is 4.98 Å². The van der Waals surface area contributed by atoms with Crippen LogP contribution in [-0.2, 0) is 7.05 Å². The molecule has 0 atom stereocenters. The molecule has 0 fully saturated rings. The van der Waals surface area contributed by atoms with Crippen LogP contribution in [0.5, 0.6) is 0 Å². The zero-order valence-electron chi connectivity index (χ0n) is 6.33. The van der Waals surface area contributed by atoms with Crippen LogP contribution >= 0.6 is 0 Å². The van der Waals surface area contributed by atoms with Crippen LogP contribution in [0.2, 0.25) is 0 Å². The number of imidazole rings is 1. The Kier molecular flexibility index (Phi) is 1.12. The summed E-state index contributed by atoms with van der Waals surface area (Å²) in [5.41, 5.74) is 8.67. The number of anilines is 1. The quantitative estimate of drug-likeness (QED) is 0.416. The summed E-state index contributed by atoms with van der Waals surface area (Å²) in [6.45, 7) is 0. The van der Waals surface area contributed by atoms with Crippen LogP contribution in [0.25, 0.3) is 11.0 Å². The minimum Gasteiger partial charge on any atom is -0.399 e. The second-order valence-electron chi connectivity index (χ2n) is 2.66. The highest BCUT2D eigenvalue weighted by atomic mass is 15.0. The fourth-order valence-corrected chi connectivity index (χ4v) is 1.20. The summed E-state index contributed by atoms with van der Waals surface area (Å²) in [4.78, 5) is 3.12. The number of hydrogen-bond donors (Lipinski definition) is 2. The van der Waals surface area contributed by atoms with Gasteiger partial charge in [-0.3, -0.25) is 0 Å². The molecule has 56 valence electrons. The second-order valence-corrected chi connectivity index (χ2v) is 2.66. The van der Waals surface area contributed by atoms with Gasteiger partial charge in [0, 0.05) is 11.8 Å². The van der Waals surface area contributed by atoms with E-state index < -0.39 is 0 Å². The molecule has 2 aromatic rings. The van der Waals surface area contributed by atoms with Gasteiger partial charge in [-0.1, -0.05) is 0 Å². The van der Waals surface area contributed by atoms with Crippen molar-refractivity contribution < 1.29 is 4.57 Å². The van der Waals surface area contributed by atoms with Crippen molar-refractivity contribution in [2.24, 2.45) is 7.05 Å². The maximum absolute atomic E-state index is 5.62. The van der Waals surface area contributed by atoms with Gasteiger partial charge in [0.25, 0.3) is 0 Å². The number of nitrogens with zero attached hydrogens (tertiary/aromatic N) is 1. The van der Waals surface area contributed by atoms with E-state index in [0.29, 0.717) is 0 Å². The monoisotopic (exact) mass is 148 g/mol. The zero-order chi connectivity index (χ0) is 7.84. The molecule has 0 spiro atoms. The van der Waals surface area contributed by atoms with Gasteiger partial charge in [-0.2, -0.15) is 0 Å². The van der Waals surface area contributed by atoms with Crippen LogP contribution in [0.3, 0.4) is 0 Å². The second kappa shape index (κ2) is 1.99.